The number of nitrogens with zero attached hydrogens (tertiary/aromatic N) is 2. The number of pyridine rings is 1. The zero-order valence-electron chi connectivity index (χ0n) is 16.6. The molecule has 1 amide bonds. The molecule has 0 saturated heterocycles. The highest BCUT2D eigenvalue weighted by atomic mass is 16.5. The number of amides is 1. The number of carbonyl (C=O) groups excluding carboxylic acids is 1. The number of anilines is 1. The first kappa shape index (κ1) is 19.7. The third-order valence-electron chi connectivity index (χ3n) is 4.93. The Hall–Kier alpha value is -3.08. The number of rotatable bonds is 7. The summed E-state index contributed by atoms with van der Waals surface area (Å²) in [5.74, 6) is 0.311. The molecule has 3 aromatic rings. The normalized spacial score (nSPS) is 10.8. The van der Waals surface area contributed by atoms with Gasteiger partial charge in [-0.1, -0.05) is 37.3 Å². The Labute approximate surface area is 165 Å². The van der Waals surface area contributed by atoms with Gasteiger partial charge in [-0.3, -0.25) is 9.59 Å². The number of hydrogen-bond acceptors (Lipinski definition) is 3. The number of aromatic nitrogens is 1. The van der Waals surface area contributed by atoms with Gasteiger partial charge in [0, 0.05) is 30.2 Å². The molecule has 0 N–H and O–H groups in total. The van der Waals surface area contributed by atoms with Gasteiger partial charge in [0.05, 0.1) is 5.52 Å². The fraction of sp³-hybridized carbons (Fsp3) is 0.304. The van der Waals surface area contributed by atoms with E-state index >= 15 is 0 Å². The molecule has 0 radical (unpaired) electrons. The summed E-state index contributed by atoms with van der Waals surface area (Å²) in [6, 6.07) is 17.0. The van der Waals surface area contributed by atoms with Crippen molar-refractivity contribution in [1.82, 2.24) is 4.57 Å². The van der Waals surface area contributed by atoms with Gasteiger partial charge >= 0.3 is 0 Å². The molecule has 5 heteroatoms. The molecule has 0 aliphatic carbocycles. The molecule has 0 aliphatic rings. The highest BCUT2D eigenvalue weighted by Crippen LogP contribution is 2.25. The third kappa shape index (κ3) is 3.79. The lowest BCUT2D eigenvalue weighted by molar-refractivity contribution is -0.120. The summed E-state index contributed by atoms with van der Waals surface area (Å²) in [6.07, 6.45) is 0.848. The molecule has 0 saturated carbocycles. The molecule has 1 heterocycles. The molecule has 0 atom stereocenters. The Balaban J connectivity index is 1.87. The highest BCUT2D eigenvalue weighted by Gasteiger charge is 2.18. The van der Waals surface area contributed by atoms with Crippen molar-refractivity contribution in [3.05, 3.63) is 70.5 Å². The third-order valence-corrected chi connectivity index (χ3v) is 4.93. The van der Waals surface area contributed by atoms with Crippen LogP contribution in [0.2, 0.25) is 0 Å². The van der Waals surface area contributed by atoms with Gasteiger partial charge in [-0.25, -0.2) is 0 Å². The molecule has 0 spiro atoms. The lowest BCUT2D eigenvalue weighted by Gasteiger charge is -2.24. The van der Waals surface area contributed by atoms with Gasteiger partial charge < -0.3 is 14.2 Å². The van der Waals surface area contributed by atoms with Gasteiger partial charge in [-0.2, -0.15) is 0 Å². The molecule has 0 aliphatic heterocycles. The van der Waals surface area contributed by atoms with Crippen molar-refractivity contribution in [2.45, 2.75) is 33.7 Å². The number of fused-ring (bicyclic) bond motifs is 1. The van der Waals surface area contributed by atoms with Gasteiger partial charge in [0.25, 0.3) is 11.5 Å². The molecule has 5 nitrogen and oxygen atoms in total. The minimum atomic E-state index is -0.132. The summed E-state index contributed by atoms with van der Waals surface area (Å²) >= 11 is 0. The Bertz CT molecular complexity index is 1040. The van der Waals surface area contributed by atoms with Gasteiger partial charge in [0.1, 0.15) is 5.75 Å². The van der Waals surface area contributed by atoms with Crippen LogP contribution in [-0.2, 0) is 17.8 Å². The van der Waals surface area contributed by atoms with Crippen LogP contribution in [0, 0.1) is 0 Å². The van der Waals surface area contributed by atoms with E-state index in [1.165, 1.54) is 6.07 Å². The Kier molecular flexibility index (Phi) is 6.14. The first-order valence-corrected chi connectivity index (χ1v) is 9.74. The van der Waals surface area contributed by atoms with Gasteiger partial charge in [0.15, 0.2) is 6.61 Å². The minimum Gasteiger partial charge on any atom is -0.483 e. The van der Waals surface area contributed by atoms with Crippen LogP contribution in [0.3, 0.4) is 0 Å². The molecule has 0 bridgehead atoms. The Morgan fingerprint density at radius 2 is 1.75 bits per heavy atom. The zero-order valence-corrected chi connectivity index (χ0v) is 16.6. The van der Waals surface area contributed by atoms with Crippen molar-refractivity contribution >= 4 is 22.5 Å². The topological polar surface area (TPSA) is 51.5 Å². The van der Waals surface area contributed by atoms with E-state index in [4.69, 9.17) is 4.74 Å². The van der Waals surface area contributed by atoms with E-state index < -0.39 is 0 Å². The van der Waals surface area contributed by atoms with E-state index in [2.05, 4.69) is 6.92 Å². The van der Waals surface area contributed by atoms with E-state index in [1.807, 2.05) is 62.4 Å². The standard InChI is InChI=1S/C23H26N2O3/c1-4-17-11-7-9-13-19(17)24(5-2)23(27)16-28-21-15-22(26)25(6-3)20-14-10-8-12-18(20)21/h7-15H,4-6,16H2,1-3H3. The van der Waals surface area contributed by atoms with Crippen LogP contribution in [-0.4, -0.2) is 23.6 Å². The van der Waals surface area contributed by atoms with E-state index in [0.717, 1.165) is 28.6 Å². The monoisotopic (exact) mass is 378 g/mol. The average Bonchev–Trinajstić information content (AvgIpc) is 2.73. The van der Waals surface area contributed by atoms with Crippen molar-refractivity contribution in [3.8, 4) is 5.75 Å². The maximum atomic E-state index is 12.9. The number of benzene rings is 2. The smallest absolute Gasteiger partial charge is 0.264 e. The lowest BCUT2D eigenvalue weighted by Crippen LogP contribution is -2.35. The van der Waals surface area contributed by atoms with Crippen molar-refractivity contribution in [2.24, 2.45) is 0 Å². The zero-order chi connectivity index (χ0) is 20.1. The number of aryl methyl sites for hydroxylation is 2. The van der Waals surface area contributed by atoms with E-state index in [9.17, 15) is 9.59 Å². The van der Waals surface area contributed by atoms with Crippen LogP contribution in [0.25, 0.3) is 10.9 Å². The van der Waals surface area contributed by atoms with Gasteiger partial charge in [0.2, 0.25) is 0 Å². The molecular weight excluding hydrogens is 352 g/mol. The summed E-state index contributed by atoms with van der Waals surface area (Å²) in [7, 11) is 0. The molecule has 0 fully saturated rings. The van der Waals surface area contributed by atoms with Crippen LogP contribution in [0.5, 0.6) is 5.75 Å². The number of hydrogen-bond donors (Lipinski definition) is 0. The van der Waals surface area contributed by atoms with E-state index in [-0.39, 0.29) is 18.1 Å². The number of likely N-dealkylation sites (N-methyl/N-ethyl adjacent to an activating group) is 1. The maximum Gasteiger partial charge on any atom is 0.264 e. The molecule has 2 aromatic carbocycles. The van der Waals surface area contributed by atoms with E-state index in [0.29, 0.717) is 18.8 Å². The Morgan fingerprint density at radius 1 is 1.04 bits per heavy atom. The summed E-state index contributed by atoms with van der Waals surface area (Å²) in [6.45, 7) is 6.96. The minimum absolute atomic E-state index is 0.120. The van der Waals surface area contributed by atoms with Crippen LogP contribution < -0.4 is 15.2 Å². The van der Waals surface area contributed by atoms with Crippen molar-refractivity contribution in [3.63, 3.8) is 0 Å². The van der Waals surface area contributed by atoms with Crippen molar-refractivity contribution < 1.29 is 9.53 Å². The predicted molar refractivity (Wildman–Crippen MR) is 113 cm³/mol. The average molecular weight is 378 g/mol. The predicted octanol–water partition coefficient (Wildman–Crippen LogP) is 4.02. The van der Waals surface area contributed by atoms with Crippen molar-refractivity contribution in [2.75, 3.05) is 18.1 Å². The first-order valence-electron chi connectivity index (χ1n) is 9.74. The fourth-order valence-corrected chi connectivity index (χ4v) is 3.52. The largest absolute Gasteiger partial charge is 0.483 e. The summed E-state index contributed by atoms with van der Waals surface area (Å²) in [4.78, 5) is 27.0. The van der Waals surface area contributed by atoms with Gasteiger partial charge in [-0.05, 0) is 44.0 Å². The van der Waals surface area contributed by atoms with Crippen LogP contribution >= 0.6 is 0 Å². The SMILES string of the molecule is CCc1ccccc1N(CC)C(=O)COc1cc(=O)n(CC)c2ccccc12. The van der Waals surface area contributed by atoms with Crippen LogP contribution in [0.4, 0.5) is 5.69 Å². The highest BCUT2D eigenvalue weighted by molar-refractivity contribution is 5.95. The number of carbonyl (C=O) groups is 1. The second kappa shape index (κ2) is 8.74. The molecule has 3 rings (SSSR count). The molecular formula is C23H26N2O3. The van der Waals surface area contributed by atoms with E-state index in [1.54, 1.807) is 9.47 Å². The first-order chi connectivity index (χ1) is 13.6. The maximum absolute atomic E-state index is 12.9. The quantitative estimate of drug-likeness (QED) is 0.624. The van der Waals surface area contributed by atoms with Crippen LogP contribution in [0.1, 0.15) is 26.3 Å². The second-order valence-corrected chi connectivity index (χ2v) is 6.52. The van der Waals surface area contributed by atoms with Crippen LogP contribution in [0.15, 0.2) is 59.4 Å². The summed E-state index contributed by atoms with van der Waals surface area (Å²) in [5.41, 5.74) is 2.71. The fourth-order valence-electron chi connectivity index (χ4n) is 3.52. The number of ether oxygens (including phenoxy) is 1. The summed E-state index contributed by atoms with van der Waals surface area (Å²) < 4.78 is 7.53. The molecule has 1 aromatic heterocycles. The molecule has 28 heavy (non-hydrogen) atoms. The van der Waals surface area contributed by atoms with Crippen molar-refractivity contribution in [1.29, 1.82) is 0 Å². The number of para-hydroxylation sites is 2. The Morgan fingerprint density at radius 3 is 2.46 bits per heavy atom. The second-order valence-electron chi connectivity index (χ2n) is 6.52. The molecule has 0 unspecified atom stereocenters. The summed E-state index contributed by atoms with van der Waals surface area (Å²) in [5, 5.41) is 0.828. The molecule has 146 valence electrons. The van der Waals surface area contributed by atoms with Gasteiger partial charge in [-0.15, -0.1) is 0 Å². The lowest BCUT2D eigenvalue weighted by atomic mass is 10.1.